The van der Waals surface area contributed by atoms with Crippen molar-refractivity contribution in [3.05, 3.63) is 23.5 Å². The van der Waals surface area contributed by atoms with Gasteiger partial charge in [0.15, 0.2) is 5.78 Å². The number of hydrogen-bond acceptors (Lipinski definition) is 2. The third-order valence-corrected chi connectivity index (χ3v) is 3.22. The molecule has 1 heterocycles. The van der Waals surface area contributed by atoms with Crippen LogP contribution in [-0.2, 0) is 0 Å². The summed E-state index contributed by atoms with van der Waals surface area (Å²) in [5.74, 6) is -0.505. The molecule has 1 N–H and O–H groups in total. The van der Waals surface area contributed by atoms with E-state index in [9.17, 15) is 9.59 Å². The molecule has 1 saturated carbocycles. The highest BCUT2D eigenvalue weighted by Crippen LogP contribution is 2.40. The number of aromatic nitrogens is 1. The number of Topliss-reactive ketones (excluding diaryl/α,β-unsaturated/α-hetero) is 1. The minimum atomic E-state index is -0.972. The molecule has 0 spiro atoms. The van der Waals surface area contributed by atoms with E-state index in [1.807, 2.05) is 6.92 Å². The molecule has 16 heavy (non-hydrogen) atoms. The molecule has 1 aliphatic carbocycles. The lowest BCUT2D eigenvalue weighted by Gasteiger charge is -2.14. The lowest BCUT2D eigenvalue weighted by Crippen LogP contribution is -2.13. The zero-order valence-electron chi connectivity index (χ0n) is 9.43. The van der Waals surface area contributed by atoms with Crippen molar-refractivity contribution in [3.8, 4) is 0 Å². The molecule has 0 aliphatic heterocycles. The predicted molar refractivity (Wildman–Crippen MR) is 58.8 cm³/mol. The molecule has 86 valence electrons. The molecule has 4 heteroatoms. The van der Waals surface area contributed by atoms with Crippen LogP contribution < -0.4 is 0 Å². The summed E-state index contributed by atoms with van der Waals surface area (Å²) in [6.07, 6.45) is 3.95. The van der Waals surface area contributed by atoms with Gasteiger partial charge >= 0.3 is 5.97 Å². The first kappa shape index (κ1) is 10.9. The Morgan fingerprint density at radius 1 is 1.50 bits per heavy atom. The first-order chi connectivity index (χ1) is 7.50. The third-order valence-electron chi connectivity index (χ3n) is 3.22. The van der Waals surface area contributed by atoms with Gasteiger partial charge in [-0.3, -0.25) is 4.79 Å². The zero-order chi connectivity index (χ0) is 11.9. The molecule has 0 saturated heterocycles. The average Bonchev–Trinajstić information content (AvgIpc) is 2.94. The second kappa shape index (κ2) is 3.77. The topological polar surface area (TPSA) is 59.3 Å². The van der Waals surface area contributed by atoms with Crippen LogP contribution in [0.1, 0.15) is 53.6 Å². The van der Waals surface area contributed by atoms with Crippen LogP contribution in [-0.4, -0.2) is 21.4 Å². The maximum Gasteiger partial charge on any atom is 0.352 e. The molecule has 1 aromatic rings. The summed E-state index contributed by atoms with van der Waals surface area (Å²) in [4.78, 5) is 22.3. The van der Waals surface area contributed by atoms with Crippen molar-refractivity contribution in [1.29, 1.82) is 0 Å². The van der Waals surface area contributed by atoms with Crippen LogP contribution >= 0.6 is 0 Å². The van der Waals surface area contributed by atoms with Crippen molar-refractivity contribution in [2.24, 2.45) is 5.92 Å². The van der Waals surface area contributed by atoms with Crippen LogP contribution in [0.25, 0.3) is 0 Å². The van der Waals surface area contributed by atoms with E-state index in [0.29, 0.717) is 11.5 Å². The Hall–Kier alpha value is -1.58. The van der Waals surface area contributed by atoms with Gasteiger partial charge in [0, 0.05) is 17.8 Å². The maximum absolute atomic E-state index is 11.2. The van der Waals surface area contributed by atoms with Crippen LogP contribution in [0.15, 0.2) is 12.3 Å². The van der Waals surface area contributed by atoms with Crippen molar-refractivity contribution in [3.63, 3.8) is 0 Å². The fraction of sp³-hybridized carbons (Fsp3) is 0.500. The number of nitrogens with zero attached hydrogens (tertiary/aromatic N) is 1. The molecule has 1 aliphatic rings. The normalized spacial score (nSPS) is 17.1. The summed E-state index contributed by atoms with van der Waals surface area (Å²) < 4.78 is 1.72. The standard InChI is InChI=1S/C12H15NO3/c1-7(9-3-4-9)13-6-10(8(2)14)5-11(13)12(15)16/h5-7,9H,3-4H2,1-2H3,(H,15,16). The SMILES string of the molecule is CC(=O)c1cc(C(=O)O)n(C(C)C2CC2)c1. The Morgan fingerprint density at radius 3 is 2.56 bits per heavy atom. The quantitative estimate of drug-likeness (QED) is 0.794. The monoisotopic (exact) mass is 221 g/mol. The first-order valence-electron chi connectivity index (χ1n) is 5.47. The smallest absolute Gasteiger partial charge is 0.352 e. The molecule has 1 atom stereocenters. The van der Waals surface area contributed by atoms with Crippen LogP contribution in [0.2, 0.25) is 0 Å². The predicted octanol–water partition coefficient (Wildman–Crippen LogP) is 2.36. The molecule has 0 radical (unpaired) electrons. The number of carbonyl (C=O) groups excluding carboxylic acids is 1. The van der Waals surface area contributed by atoms with Gasteiger partial charge in [-0.15, -0.1) is 0 Å². The Balaban J connectivity index is 2.40. The number of rotatable bonds is 4. The highest BCUT2D eigenvalue weighted by molar-refractivity contribution is 5.97. The average molecular weight is 221 g/mol. The Labute approximate surface area is 93.9 Å². The zero-order valence-corrected chi connectivity index (χ0v) is 9.43. The molecule has 1 aromatic heterocycles. The minimum Gasteiger partial charge on any atom is -0.477 e. The summed E-state index contributed by atoms with van der Waals surface area (Å²) in [5, 5.41) is 9.08. The second-order valence-electron chi connectivity index (χ2n) is 4.46. The van der Waals surface area contributed by atoms with Gasteiger partial charge in [-0.2, -0.15) is 0 Å². The van der Waals surface area contributed by atoms with Crippen LogP contribution in [0.4, 0.5) is 0 Å². The highest BCUT2D eigenvalue weighted by Gasteiger charge is 2.31. The van der Waals surface area contributed by atoms with Gasteiger partial charge in [0.25, 0.3) is 0 Å². The Kier molecular flexibility index (Phi) is 2.58. The molecular weight excluding hydrogens is 206 g/mol. The van der Waals surface area contributed by atoms with Gasteiger partial charge in [0.05, 0.1) is 0 Å². The largest absolute Gasteiger partial charge is 0.477 e. The summed E-state index contributed by atoms with van der Waals surface area (Å²) in [6.45, 7) is 3.46. The lowest BCUT2D eigenvalue weighted by molar-refractivity contribution is 0.0682. The molecule has 1 fully saturated rings. The molecule has 0 bridgehead atoms. The van der Waals surface area contributed by atoms with Gasteiger partial charge in [-0.05, 0) is 38.7 Å². The van der Waals surface area contributed by atoms with Crippen molar-refractivity contribution in [2.45, 2.75) is 32.7 Å². The maximum atomic E-state index is 11.2. The van der Waals surface area contributed by atoms with Gasteiger partial charge < -0.3 is 9.67 Å². The molecule has 4 nitrogen and oxygen atoms in total. The second-order valence-corrected chi connectivity index (χ2v) is 4.46. The molecule has 0 amide bonds. The van der Waals surface area contributed by atoms with Crippen molar-refractivity contribution >= 4 is 11.8 Å². The molecule has 1 unspecified atom stereocenters. The number of carboxylic acids is 1. The van der Waals surface area contributed by atoms with Crippen LogP contribution in [0, 0.1) is 5.92 Å². The number of aromatic carboxylic acids is 1. The van der Waals surface area contributed by atoms with Crippen molar-refractivity contribution in [1.82, 2.24) is 4.57 Å². The van der Waals surface area contributed by atoms with Gasteiger partial charge in [-0.25, -0.2) is 4.79 Å². The van der Waals surface area contributed by atoms with Crippen molar-refractivity contribution < 1.29 is 14.7 Å². The van der Waals surface area contributed by atoms with Gasteiger partial charge in [0.1, 0.15) is 5.69 Å². The Morgan fingerprint density at radius 2 is 2.12 bits per heavy atom. The van der Waals surface area contributed by atoms with E-state index >= 15 is 0 Å². The Bertz CT molecular complexity index is 443. The first-order valence-corrected chi connectivity index (χ1v) is 5.47. The fourth-order valence-corrected chi connectivity index (χ4v) is 1.99. The summed E-state index contributed by atoms with van der Waals surface area (Å²) >= 11 is 0. The van der Waals surface area contributed by atoms with E-state index in [0.717, 1.165) is 12.8 Å². The number of ketones is 1. The van der Waals surface area contributed by atoms with Crippen molar-refractivity contribution in [2.75, 3.05) is 0 Å². The number of hydrogen-bond donors (Lipinski definition) is 1. The number of carboxylic acid groups (broad SMARTS) is 1. The van der Waals surface area contributed by atoms with Gasteiger partial charge in [0.2, 0.25) is 0 Å². The molecular formula is C12H15NO3. The van der Waals surface area contributed by atoms with Crippen LogP contribution in [0.5, 0.6) is 0 Å². The highest BCUT2D eigenvalue weighted by atomic mass is 16.4. The van der Waals surface area contributed by atoms with E-state index in [-0.39, 0.29) is 17.5 Å². The summed E-state index contributed by atoms with van der Waals surface area (Å²) in [7, 11) is 0. The van der Waals surface area contributed by atoms with Gasteiger partial charge in [-0.1, -0.05) is 0 Å². The third kappa shape index (κ3) is 1.87. The van der Waals surface area contributed by atoms with E-state index in [1.165, 1.54) is 13.0 Å². The van der Waals surface area contributed by atoms with E-state index in [4.69, 9.17) is 5.11 Å². The van der Waals surface area contributed by atoms with E-state index < -0.39 is 5.97 Å². The fourth-order valence-electron chi connectivity index (χ4n) is 1.99. The lowest BCUT2D eigenvalue weighted by atomic mass is 10.2. The molecule has 2 rings (SSSR count). The van der Waals surface area contributed by atoms with Crippen LogP contribution in [0.3, 0.4) is 0 Å². The molecule has 0 aromatic carbocycles. The van der Waals surface area contributed by atoms with E-state index in [1.54, 1.807) is 10.8 Å². The summed E-state index contributed by atoms with van der Waals surface area (Å²) in [5.41, 5.74) is 0.689. The van der Waals surface area contributed by atoms with E-state index in [2.05, 4.69) is 0 Å². The minimum absolute atomic E-state index is 0.0933. The number of carbonyl (C=O) groups is 2. The summed E-state index contributed by atoms with van der Waals surface area (Å²) in [6, 6.07) is 1.63.